The van der Waals surface area contributed by atoms with Gasteiger partial charge in [-0.1, -0.05) is 53.3 Å². The zero-order valence-electron chi connectivity index (χ0n) is 21.0. The summed E-state index contributed by atoms with van der Waals surface area (Å²) in [5, 5.41) is 0.679. The number of halogens is 1. The molecule has 0 fully saturated rings. The average Bonchev–Trinajstić information content (AvgIpc) is 3.33. The maximum absolute atomic E-state index is 13.8. The van der Waals surface area contributed by atoms with Crippen molar-refractivity contribution in [2.24, 2.45) is 4.99 Å². The lowest BCUT2D eigenvalue weighted by molar-refractivity contribution is -0.139. The van der Waals surface area contributed by atoms with Gasteiger partial charge >= 0.3 is 5.97 Å². The standard InChI is InChI=1S/C29H26ClN3O3S/c1-5-36-28(35)25-18(3)31-29-33(26(25)20-9-7-6-8-10-20)27(34)24(37-29)16-21-15-17(2)32(19(21)4)23-13-11-22(30)12-14-23/h6-16,26H,5H2,1-4H3/b24-16+/t26-/m0/s1. The van der Waals surface area contributed by atoms with Crippen molar-refractivity contribution in [2.75, 3.05) is 6.61 Å². The number of rotatable bonds is 5. The quantitative estimate of drug-likeness (QED) is 0.345. The molecule has 2 aromatic heterocycles. The highest BCUT2D eigenvalue weighted by molar-refractivity contribution is 7.07. The molecule has 0 aliphatic carbocycles. The van der Waals surface area contributed by atoms with Crippen LogP contribution in [0, 0.1) is 13.8 Å². The molecule has 0 bridgehead atoms. The molecule has 0 saturated heterocycles. The number of benzene rings is 2. The van der Waals surface area contributed by atoms with Crippen LogP contribution in [0.5, 0.6) is 0 Å². The molecule has 0 spiro atoms. The van der Waals surface area contributed by atoms with E-state index in [0.29, 0.717) is 25.6 Å². The van der Waals surface area contributed by atoms with Gasteiger partial charge in [0, 0.05) is 22.1 Å². The van der Waals surface area contributed by atoms with Gasteiger partial charge in [-0.15, -0.1) is 0 Å². The van der Waals surface area contributed by atoms with Gasteiger partial charge in [0.25, 0.3) is 5.56 Å². The van der Waals surface area contributed by atoms with Crippen molar-refractivity contribution in [1.29, 1.82) is 0 Å². The summed E-state index contributed by atoms with van der Waals surface area (Å²) in [4.78, 5) is 32.0. The zero-order valence-corrected chi connectivity index (χ0v) is 22.6. The van der Waals surface area contributed by atoms with Gasteiger partial charge in [-0.2, -0.15) is 0 Å². The van der Waals surface area contributed by atoms with Crippen LogP contribution in [0.15, 0.2) is 81.7 Å². The summed E-state index contributed by atoms with van der Waals surface area (Å²) in [5.41, 5.74) is 5.57. The van der Waals surface area contributed by atoms with E-state index in [4.69, 9.17) is 16.3 Å². The van der Waals surface area contributed by atoms with Crippen molar-refractivity contribution in [3.05, 3.63) is 119 Å². The lowest BCUT2D eigenvalue weighted by Gasteiger charge is -2.24. The predicted molar refractivity (Wildman–Crippen MR) is 147 cm³/mol. The Hall–Kier alpha value is -3.68. The first-order valence-corrected chi connectivity index (χ1v) is 13.2. The smallest absolute Gasteiger partial charge is 0.338 e. The molecule has 0 amide bonds. The molecule has 2 aromatic carbocycles. The fourth-order valence-corrected chi connectivity index (χ4v) is 5.97. The molecule has 1 aliphatic heterocycles. The molecule has 4 aromatic rings. The second kappa shape index (κ2) is 10.00. The highest BCUT2D eigenvalue weighted by Crippen LogP contribution is 2.30. The Labute approximate surface area is 223 Å². The highest BCUT2D eigenvalue weighted by Gasteiger charge is 2.33. The zero-order chi connectivity index (χ0) is 26.3. The Morgan fingerprint density at radius 2 is 1.81 bits per heavy atom. The number of ether oxygens (including phenoxy) is 1. The summed E-state index contributed by atoms with van der Waals surface area (Å²) in [6.45, 7) is 7.86. The number of carbonyl (C=O) groups excluding carboxylic acids is 1. The molecule has 5 rings (SSSR count). The van der Waals surface area contributed by atoms with Crippen LogP contribution >= 0.6 is 22.9 Å². The van der Waals surface area contributed by atoms with E-state index in [1.807, 2.05) is 74.5 Å². The minimum atomic E-state index is -0.611. The van der Waals surface area contributed by atoms with Gasteiger partial charge in [0.05, 0.1) is 28.5 Å². The normalized spacial score (nSPS) is 15.5. The Morgan fingerprint density at radius 3 is 2.49 bits per heavy atom. The molecule has 188 valence electrons. The second-order valence-corrected chi connectivity index (χ2v) is 10.3. The third-order valence-electron chi connectivity index (χ3n) is 6.47. The molecule has 0 radical (unpaired) electrons. The van der Waals surface area contributed by atoms with Gasteiger partial charge in [-0.25, -0.2) is 9.79 Å². The average molecular weight is 532 g/mol. The number of carbonyl (C=O) groups is 1. The third kappa shape index (κ3) is 4.49. The summed E-state index contributed by atoms with van der Waals surface area (Å²) in [7, 11) is 0. The molecular weight excluding hydrogens is 506 g/mol. The first kappa shape index (κ1) is 25.0. The monoisotopic (exact) mass is 531 g/mol. The Kier molecular flexibility index (Phi) is 6.75. The summed E-state index contributed by atoms with van der Waals surface area (Å²) in [5.74, 6) is -0.460. The lowest BCUT2D eigenvalue weighted by atomic mass is 9.96. The molecule has 0 unspecified atom stereocenters. The lowest BCUT2D eigenvalue weighted by Crippen LogP contribution is -2.39. The van der Waals surface area contributed by atoms with Crippen LogP contribution in [0.25, 0.3) is 11.8 Å². The van der Waals surface area contributed by atoms with Crippen LogP contribution in [0.2, 0.25) is 5.02 Å². The Bertz CT molecular complexity index is 1710. The fourth-order valence-electron chi connectivity index (χ4n) is 4.80. The highest BCUT2D eigenvalue weighted by atomic mass is 35.5. The number of thiazole rings is 1. The summed E-state index contributed by atoms with van der Waals surface area (Å²) >= 11 is 7.40. The van der Waals surface area contributed by atoms with E-state index in [2.05, 4.69) is 15.6 Å². The van der Waals surface area contributed by atoms with Crippen molar-refractivity contribution in [3.63, 3.8) is 0 Å². The van der Waals surface area contributed by atoms with Crippen LogP contribution in [0.4, 0.5) is 0 Å². The van der Waals surface area contributed by atoms with Crippen molar-refractivity contribution in [1.82, 2.24) is 9.13 Å². The van der Waals surface area contributed by atoms with E-state index >= 15 is 0 Å². The van der Waals surface area contributed by atoms with Crippen LogP contribution in [-0.4, -0.2) is 21.7 Å². The van der Waals surface area contributed by atoms with Crippen molar-refractivity contribution in [3.8, 4) is 5.69 Å². The maximum Gasteiger partial charge on any atom is 0.338 e. The van der Waals surface area contributed by atoms with Crippen LogP contribution < -0.4 is 14.9 Å². The van der Waals surface area contributed by atoms with E-state index in [1.165, 1.54) is 11.3 Å². The van der Waals surface area contributed by atoms with Gasteiger partial charge in [0.2, 0.25) is 0 Å². The Balaban J connectivity index is 1.68. The molecule has 1 atom stereocenters. The van der Waals surface area contributed by atoms with Crippen LogP contribution in [0.1, 0.15) is 42.4 Å². The number of hydrogen-bond acceptors (Lipinski definition) is 5. The number of aromatic nitrogens is 2. The van der Waals surface area contributed by atoms with E-state index in [-0.39, 0.29) is 12.2 Å². The molecule has 8 heteroatoms. The topological polar surface area (TPSA) is 65.6 Å². The van der Waals surface area contributed by atoms with E-state index in [0.717, 1.165) is 28.2 Å². The van der Waals surface area contributed by atoms with Crippen LogP contribution in [0.3, 0.4) is 0 Å². The van der Waals surface area contributed by atoms with Crippen molar-refractivity contribution >= 4 is 35.0 Å². The van der Waals surface area contributed by atoms with E-state index in [1.54, 1.807) is 18.4 Å². The summed E-state index contributed by atoms with van der Waals surface area (Å²) in [6, 6.07) is 18.7. The van der Waals surface area contributed by atoms with Gasteiger partial charge in [-0.3, -0.25) is 9.36 Å². The van der Waals surface area contributed by atoms with Gasteiger partial charge in [0.15, 0.2) is 4.80 Å². The summed E-state index contributed by atoms with van der Waals surface area (Å²) in [6.07, 6.45) is 1.91. The van der Waals surface area contributed by atoms with Gasteiger partial charge in [0.1, 0.15) is 0 Å². The SMILES string of the molecule is CCOC(=O)C1=C(C)N=c2s/c(=C/c3cc(C)n(-c4ccc(Cl)cc4)c3C)c(=O)n2[C@H]1c1ccccc1. The maximum atomic E-state index is 13.8. The number of nitrogens with zero attached hydrogens (tertiary/aromatic N) is 3. The minimum absolute atomic E-state index is 0.191. The summed E-state index contributed by atoms with van der Waals surface area (Å²) < 4.78 is 9.65. The van der Waals surface area contributed by atoms with Gasteiger partial charge in [-0.05, 0) is 75.2 Å². The molecule has 6 nitrogen and oxygen atoms in total. The third-order valence-corrected chi connectivity index (χ3v) is 7.71. The molecule has 0 saturated carbocycles. The second-order valence-electron chi connectivity index (χ2n) is 8.85. The molecule has 37 heavy (non-hydrogen) atoms. The van der Waals surface area contributed by atoms with E-state index in [9.17, 15) is 9.59 Å². The van der Waals surface area contributed by atoms with Gasteiger partial charge < -0.3 is 9.30 Å². The first-order chi connectivity index (χ1) is 17.8. The minimum Gasteiger partial charge on any atom is -0.463 e. The molecule has 1 aliphatic rings. The van der Waals surface area contributed by atoms with E-state index < -0.39 is 12.0 Å². The number of hydrogen-bond donors (Lipinski definition) is 0. The van der Waals surface area contributed by atoms with Crippen molar-refractivity contribution in [2.45, 2.75) is 33.7 Å². The van der Waals surface area contributed by atoms with Crippen molar-refractivity contribution < 1.29 is 9.53 Å². The first-order valence-electron chi connectivity index (χ1n) is 12.0. The number of aryl methyl sites for hydroxylation is 1. The fraction of sp³-hybridized carbons (Fsp3) is 0.207. The molecule has 3 heterocycles. The predicted octanol–water partition coefficient (Wildman–Crippen LogP) is 4.86. The molecular formula is C29H26ClN3O3S. The number of fused-ring (bicyclic) bond motifs is 1. The molecule has 0 N–H and O–H groups in total. The van der Waals surface area contributed by atoms with Crippen LogP contribution in [-0.2, 0) is 9.53 Å². The number of allylic oxidation sites excluding steroid dienone is 1. The number of esters is 1. The largest absolute Gasteiger partial charge is 0.463 e. The Morgan fingerprint density at radius 1 is 1.11 bits per heavy atom.